The number of methoxy groups -OCH3 is 1. The Morgan fingerprint density at radius 3 is 2.67 bits per heavy atom. The van der Waals surface area contributed by atoms with Crippen molar-refractivity contribution in [3.05, 3.63) is 35.9 Å². The van der Waals surface area contributed by atoms with E-state index in [0.29, 0.717) is 6.54 Å². The molecule has 1 aliphatic heterocycles. The molecule has 1 N–H and O–H groups in total. The highest BCUT2D eigenvalue weighted by atomic mass is 32.2. The minimum atomic E-state index is -3.25. The van der Waals surface area contributed by atoms with Crippen LogP contribution in [0, 0.1) is 0 Å². The molecule has 0 aliphatic carbocycles. The van der Waals surface area contributed by atoms with E-state index < -0.39 is 10.0 Å². The molecule has 0 radical (unpaired) electrons. The second-order valence-electron chi connectivity index (χ2n) is 5.91. The van der Waals surface area contributed by atoms with E-state index in [0.717, 1.165) is 36.8 Å². The molecular formula is C17H24N2O4S. The first-order chi connectivity index (χ1) is 11.4. The molecule has 132 valence electrons. The lowest BCUT2D eigenvalue weighted by Crippen LogP contribution is -2.48. The van der Waals surface area contributed by atoms with Gasteiger partial charge in [0.05, 0.1) is 13.4 Å². The van der Waals surface area contributed by atoms with Crippen LogP contribution in [0.3, 0.4) is 0 Å². The van der Waals surface area contributed by atoms with Crippen LogP contribution in [0.2, 0.25) is 0 Å². The fourth-order valence-electron chi connectivity index (χ4n) is 2.73. The summed E-state index contributed by atoms with van der Waals surface area (Å²) in [5.41, 5.74) is 0.909. The van der Waals surface area contributed by atoms with Crippen LogP contribution < -0.4 is 9.46 Å². The molecule has 1 saturated heterocycles. The van der Waals surface area contributed by atoms with Gasteiger partial charge in [0.2, 0.25) is 15.9 Å². The van der Waals surface area contributed by atoms with Crippen LogP contribution in [-0.2, 0) is 14.8 Å². The first-order valence-corrected chi connectivity index (χ1v) is 9.85. The third-order valence-corrected chi connectivity index (χ3v) is 4.72. The smallest absolute Gasteiger partial charge is 0.246 e. The number of carbonyl (C=O) groups excluding carboxylic acids is 1. The summed E-state index contributed by atoms with van der Waals surface area (Å²) in [6.45, 7) is 0.919. The predicted molar refractivity (Wildman–Crippen MR) is 94.2 cm³/mol. The van der Waals surface area contributed by atoms with E-state index in [1.165, 1.54) is 0 Å². The molecule has 1 fully saturated rings. The third-order valence-electron chi connectivity index (χ3n) is 4.03. The molecule has 6 nitrogen and oxygen atoms in total. The normalized spacial score (nSPS) is 18.8. The lowest BCUT2D eigenvalue weighted by atomic mass is 10.0. The summed E-state index contributed by atoms with van der Waals surface area (Å²) in [6.07, 6.45) is 7.19. The van der Waals surface area contributed by atoms with Crippen LogP contribution in [-0.4, -0.2) is 51.7 Å². The van der Waals surface area contributed by atoms with Crippen molar-refractivity contribution in [3.63, 3.8) is 0 Å². The minimum Gasteiger partial charge on any atom is -0.497 e. The molecule has 0 unspecified atom stereocenters. The monoisotopic (exact) mass is 352 g/mol. The van der Waals surface area contributed by atoms with Gasteiger partial charge in [0.15, 0.2) is 0 Å². The maximum Gasteiger partial charge on any atom is 0.246 e. The largest absolute Gasteiger partial charge is 0.497 e. The van der Waals surface area contributed by atoms with Gasteiger partial charge in [-0.05, 0) is 43.0 Å². The van der Waals surface area contributed by atoms with Crippen molar-refractivity contribution in [2.24, 2.45) is 0 Å². The number of rotatable bonds is 6. The molecule has 1 aromatic carbocycles. The zero-order valence-electron chi connectivity index (χ0n) is 14.1. The number of ether oxygens (including phenoxy) is 1. The second-order valence-corrected chi connectivity index (χ2v) is 7.74. The van der Waals surface area contributed by atoms with Crippen molar-refractivity contribution in [3.8, 4) is 5.75 Å². The van der Waals surface area contributed by atoms with Crippen molar-refractivity contribution >= 4 is 22.0 Å². The molecule has 1 aromatic rings. The Morgan fingerprint density at radius 1 is 1.33 bits per heavy atom. The SMILES string of the molecule is COc1ccc(/C=C/C(=O)N2CCCC[C@H]2CNS(C)(=O)=O)cc1. The maximum atomic E-state index is 12.5. The zero-order chi connectivity index (χ0) is 17.6. The van der Waals surface area contributed by atoms with Crippen molar-refractivity contribution in [2.75, 3.05) is 26.5 Å². The minimum absolute atomic E-state index is 0.0918. The van der Waals surface area contributed by atoms with Crippen LogP contribution in [0.15, 0.2) is 30.3 Å². The van der Waals surface area contributed by atoms with Gasteiger partial charge in [0.25, 0.3) is 0 Å². The highest BCUT2D eigenvalue weighted by Crippen LogP contribution is 2.18. The number of hydrogen-bond acceptors (Lipinski definition) is 4. The van der Waals surface area contributed by atoms with Crippen molar-refractivity contribution in [1.29, 1.82) is 0 Å². The number of hydrogen-bond donors (Lipinski definition) is 1. The first kappa shape index (κ1) is 18.5. The van der Waals surface area contributed by atoms with Gasteiger partial charge in [-0.1, -0.05) is 12.1 Å². The van der Waals surface area contributed by atoms with E-state index in [2.05, 4.69) is 4.72 Å². The average Bonchev–Trinajstić information content (AvgIpc) is 2.58. The van der Waals surface area contributed by atoms with Crippen molar-refractivity contribution in [2.45, 2.75) is 25.3 Å². The van der Waals surface area contributed by atoms with Gasteiger partial charge >= 0.3 is 0 Å². The number of benzene rings is 1. The van der Waals surface area contributed by atoms with E-state index >= 15 is 0 Å². The summed E-state index contributed by atoms with van der Waals surface area (Å²) >= 11 is 0. The van der Waals surface area contributed by atoms with Crippen LogP contribution in [0.4, 0.5) is 0 Å². The van der Waals surface area contributed by atoms with Gasteiger partial charge in [-0.15, -0.1) is 0 Å². The van der Waals surface area contributed by atoms with E-state index in [9.17, 15) is 13.2 Å². The van der Waals surface area contributed by atoms with Gasteiger partial charge in [0, 0.05) is 25.2 Å². The van der Waals surface area contributed by atoms with E-state index in [1.807, 2.05) is 24.3 Å². The number of likely N-dealkylation sites (tertiary alicyclic amines) is 1. The summed E-state index contributed by atoms with van der Waals surface area (Å²) < 4.78 is 30.2. The molecule has 2 rings (SSSR count). The first-order valence-electron chi connectivity index (χ1n) is 7.96. The number of carbonyl (C=O) groups is 1. The summed E-state index contributed by atoms with van der Waals surface area (Å²) in [5.74, 6) is 0.673. The lowest BCUT2D eigenvalue weighted by molar-refractivity contribution is -0.129. The molecule has 0 saturated carbocycles. The van der Waals surface area contributed by atoms with Crippen molar-refractivity contribution in [1.82, 2.24) is 9.62 Å². The molecule has 1 atom stereocenters. The van der Waals surface area contributed by atoms with Gasteiger partial charge in [-0.25, -0.2) is 13.1 Å². The Balaban J connectivity index is 2.00. The fourth-order valence-corrected chi connectivity index (χ4v) is 3.22. The Hall–Kier alpha value is -1.86. The van der Waals surface area contributed by atoms with Crippen LogP contribution >= 0.6 is 0 Å². The third kappa shape index (κ3) is 5.65. The van der Waals surface area contributed by atoms with Crippen LogP contribution in [0.25, 0.3) is 6.08 Å². The fraction of sp³-hybridized carbons (Fsp3) is 0.471. The summed E-state index contributed by atoms with van der Waals surface area (Å²) in [5, 5.41) is 0. The molecule has 0 aromatic heterocycles. The topological polar surface area (TPSA) is 75.7 Å². The van der Waals surface area contributed by atoms with Crippen molar-refractivity contribution < 1.29 is 17.9 Å². The quantitative estimate of drug-likeness (QED) is 0.790. The van der Waals surface area contributed by atoms with E-state index in [4.69, 9.17) is 4.74 Å². The van der Waals surface area contributed by atoms with E-state index in [1.54, 1.807) is 24.2 Å². The molecule has 1 amide bonds. The predicted octanol–water partition coefficient (Wildman–Crippen LogP) is 1.64. The summed E-state index contributed by atoms with van der Waals surface area (Å²) in [6, 6.07) is 7.33. The van der Waals surface area contributed by atoms with Crippen LogP contribution in [0.1, 0.15) is 24.8 Å². The summed E-state index contributed by atoms with van der Waals surface area (Å²) in [4.78, 5) is 14.2. The molecule has 7 heteroatoms. The molecule has 1 aliphatic rings. The van der Waals surface area contributed by atoms with Crippen LogP contribution in [0.5, 0.6) is 5.75 Å². The van der Waals surface area contributed by atoms with Gasteiger partial charge in [-0.3, -0.25) is 4.79 Å². The highest BCUT2D eigenvalue weighted by molar-refractivity contribution is 7.88. The molecule has 24 heavy (non-hydrogen) atoms. The molecule has 0 spiro atoms. The second kappa shape index (κ2) is 8.30. The molecule has 1 heterocycles. The Bertz CT molecular complexity index is 683. The van der Waals surface area contributed by atoms with Gasteiger partial charge < -0.3 is 9.64 Å². The standard InChI is InChI=1S/C17H24N2O4S/c1-23-16-9-6-14(7-10-16)8-11-17(20)19-12-4-3-5-15(19)13-18-24(2,21)22/h6-11,15,18H,3-5,12-13H2,1-2H3/b11-8+/t15-/m0/s1. The van der Waals surface area contributed by atoms with Gasteiger partial charge in [0.1, 0.15) is 5.75 Å². The molecule has 0 bridgehead atoms. The number of nitrogens with one attached hydrogen (secondary N) is 1. The average molecular weight is 352 g/mol. The zero-order valence-corrected chi connectivity index (χ0v) is 14.9. The molecular weight excluding hydrogens is 328 g/mol. The number of sulfonamides is 1. The van der Waals surface area contributed by atoms with E-state index in [-0.39, 0.29) is 18.5 Å². The number of nitrogens with zero attached hydrogens (tertiary/aromatic N) is 1. The maximum absolute atomic E-state index is 12.5. The Labute approximate surface area is 143 Å². The number of amides is 1. The van der Waals surface area contributed by atoms with Gasteiger partial charge in [-0.2, -0.15) is 0 Å². The lowest BCUT2D eigenvalue weighted by Gasteiger charge is -2.35. The highest BCUT2D eigenvalue weighted by Gasteiger charge is 2.25. The summed E-state index contributed by atoms with van der Waals surface area (Å²) in [7, 11) is -1.65. The number of piperidine rings is 1. The Morgan fingerprint density at radius 2 is 2.04 bits per heavy atom. The Kier molecular flexibility index (Phi) is 6.39.